The molecule has 2 aromatic heterocycles. The number of benzene rings is 1. The topological polar surface area (TPSA) is 79.1 Å². The van der Waals surface area contributed by atoms with E-state index in [0.29, 0.717) is 11.3 Å². The van der Waals surface area contributed by atoms with Crippen LogP contribution in [0.4, 0.5) is 0 Å². The Kier molecular flexibility index (Phi) is 2.19. The van der Waals surface area contributed by atoms with E-state index in [1.807, 2.05) is 24.3 Å². The molecule has 0 saturated heterocycles. The molecule has 0 amide bonds. The zero-order valence-electron chi connectivity index (χ0n) is 9.60. The number of hydrogen-bond donors (Lipinski definition) is 2. The van der Waals surface area contributed by atoms with Gasteiger partial charge in [-0.15, -0.1) is 0 Å². The molecule has 18 heavy (non-hydrogen) atoms. The van der Waals surface area contributed by atoms with Gasteiger partial charge in [-0.2, -0.15) is 4.98 Å². The highest BCUT2D eigenvalue weighted by Gasteiger charge is 2.11. The summed E-state index contributed by atoms with van der Waals surface area (Å²) in [6.07, 6.45) is 0. The maximum absolute atomic E-state index is 11.6. The molecule has 0 radical (unpaired) electrons. The van der Waals surface area contributed by atoms with Gasteiger partial charge in [-0.3, -0.25) is 4.79 Å². The lowest BCUT2D eigenvalue weighted by Crippen LogP contribution is -2.11. The molecule has 0 fully saturated rings. The second-order valence-corrected chi connectivity index (χ2v) is 4.01. The van der Waals surface area contributed by atoms with Crippen molar-refractivity contribution in [2.24, 2.45) is 0 Å². The van der Waals surface area contributed by atoms with E-state index in [9.17, 15) is 9.90 Å². The van der Waals surface area contributed by atoms with Crippen LogP contribution in [-0.2, 0) is 0 Å². The van der Waals surface area contributed by atoms with E-state index < -0.39 is 0 Å². The first-order chi connectivity index (χ1) is 8.65. The third kappa shape index (κ3) is 1.57. The summed E-state index contributed by atoms with van der Waals surface area (Å²) in [6, 6.07) is 9.24. The second-order valence-electron chi connectivity index (χ2n) is 4.01. The molecular weight excluding hydrogens is 232 g/mol. The smallest absolute Gasteiger partial charge is 0.257 e. The van der Waals surface area contributed by atoms with Crippen molar-refractivity contribution in [3.63, 3.8) is 0 Å². The Hall–Kier alpha value is -2.56. The van der Waals surface area contributed by atoms with Gasteiger partial charge in [-0.1, -0.05) is 18.2 Å². The van der Waals surface area contributed by atoms with E-state index >= 15 is 0 Å². The molecule has 90 valence electrons. The SMILES string of the molecule is Cc1c(O)nc(-c2cc3ccccc3o2)[nH]c1=O. The number of furan rings is 1. The summed E-state index contributed by atoms with van der Waals surface area (Å²) in [5.74, 6) is 0.358. The highest BCUT2D eigenvalue weighted by Crippen LogP contribution is 2.25. The Balaban J connectivity index is 2.23. The lowest BCUT2D eigenvalue weighted by atomic mass is 10.2. The molecule has 2 heterocycles. The summed E-state index contributed by atoms with van der Waals surface area (Å²) in [5, 5.41) is 10.5. The molecule has 0 aliphatic rings. The van der Waals surface area contributed by atoms with Crippen LogP contribution >= 0.6 is 0 Å². The lowest BCUT2D eigenvalue weighted by Gasteiger charge is -1.99. The second kappa shape index (κ2) is 3.73. The van der Waals surface area contributed by atoms with Crippen LogP contribution in [0, 0.1) is 6.92 Å². The number of H-pyrrole nitrogens is 1. The van der Waals surface area contributed by atoms with Crippen molar-refractivity contribution >= 4 is 11.0 Å². The first-order valence-electron chi connectivity index (χ1n) is 5.44. The number of nitrogens with zero attached hydrogens (tertiary/aromatic N) is 1. The van der Waals surface area contributed by atoms with Gasteiger partial charge in [0.25, 0.3) is 5.56 Å². The van der Waals surface area contributed by atoms with Gasteiger partial charge in [0, 0.05) is 5.39 Å². The molecule has 3 rings (SSSR count). The fraction of sp³-hybridized carbons (Fsp3) is 0.0769. The molecule has 1 aromatic carbocycles. The molecule has 3 aromatic rings. The van der Waals surface area contributed by atoms with Gasteiger partial charge in [-0.05, 0) is 19.1 Å². The van der Waals surface area contributed by atoms with Crippen LogP contribution in [-0.4, -0.2) is 15.1 Å². The van der Waals surface area contributed by atoms with Crippen LogP contribution in [0.1, 0.15) is 5.56 Å². The number of fused-ring (bicyclic) bond motifs is 1. The average Bonchev–Trinajstić information content (AvgIpc) is 2.79. The summed E-state index contributed by atoms with van der Waals surface area (Å²) < 4.78 is 5.56. The van der Waals surface area contributed by atoms with Crippen LogP contribution in [0.15, 0.2) is 39.5 Å². The van der Waals surface area contributed by atoms with Crippen molar-refractivity contribution in [2.75, 3.05) is 0 Å². The van der Waals surface area contributed by atoms with Crippen molar-refractivity contribution in [3.8, 4) is 17.5 Å². The number of rotatable bonds is 1. The quantitative estimate of drug-likeness (QED) is 0.685. The molecule has 0 saturated carbocycles. The number of nitrogens with one attached hydrogen (secondary N) is 1. The monoisotopic (exact) mass is 242 g/mol. The Morgan fingerprint density at radius 1 is 1.33 bits per heavy atom. The number of aromatic hydroxyl groups is 1. The molecule has 0 spiro atoms. The fourth-order valence-electron chi connectivity index (χ4n) is 1.74. The molecule has 5 heteroatoms. The van der Waals surface area contributed by atoms with Crippen LogP contribution in [0.2, 0.25) is 0 Å². The van der Waals surface area contributed by atoms with Gasteiger partial charge in [0.2, 0.25) is 5.88 Å². The van der Waals surface area contributed by atoms with Crippen molar-refractivity contribution < 1.29 is 9.52 Å². The molecule has 5 nitrogen and oxygen atoms in total. The minimum atomic E-state index is -0.377. The van der Waals surface area contributed by atoms with Crippen LogP contribution in [0.5, 0.6) is 5.88 Å². The molecular formula is C13H10N2O3. The Morgan fingerprint density at radius 3 is 2.83 bits per heavy atom. The fourth-order valence-corrected chi connectivity index (χ4v) is 1.74. The lowest BCUT2D eigenvalue weighted by molar-refractivity contribution is 0.446. The third-order valence-corrected chi connectivity index (χ3v) is 2.78. The van der Waals surface area contributed by atoms with Crippen molar-refractivity contribution in [1.82, 2.24) is 9.97 Å². The largest absolute Gasteiger partial charge is 0.493 e. The molecule has 0 aliphatic heterocycles. The Labute approximate surface area is 102 Å². The molecule has 2 N–H and O–H groups in total. The molecule has 0 aliphatic carbocycles. The summed E-state index contributed by atoms with van der Waals surface area (Å²) in [4.78, 5) is 18.0. The van der Waals surface area contributed by atoms with Crippen molar-refractivity contribution in [2.45, 2.75) is 6.92 Å². The van der Waals surface area contributed by atoms with E-state index in [2.05, 4.69) is 9.97 Å². The van der Waals surface area contributed by atoms with Gasteiger partial charge >= 0.3 is 0 Å². The summed E-state index contributed by atoms with van der Waals surface area (Å²) in [6.45, 7) is 1.50. The Bertz CT molecular complexity index is 753. The number of aromatic nitrogens is 2. The average molecular weight is 242 g/mol. The van der Waals surface area contributed by atoms with Gasteiger partial charge < -0.3 is 14.5 Å². The van der Waals surface area contributed by atoms with Crippen LogP contribution in [0.3, 0.4) is 0 Å². The standard InChI is InChI=1S/C13H10N2O3/c1-7-12(16)14-11(15-13(7)17)10-6-8-4-2-3-5-9(8)18-10/h2-6H,1H3,(H2,14,15,16,17). The first kappa shape index (κ1) is 10.6. The molecule has 0 bridgehead atoms. The predicted molar refractivity (Wildman–Crippen MR) is 66.5 cm³/mol. The first-order valence-corrected chi connectivity index (χ1v) is 5.44. The normalized spacial score (nSPS) is 10.9. The molecule has 0 atom stereocenters. The van der Waals surface area contributed by atoms with E-state index in [1.165, 1.54) is 6.92 Å². The summed E-state index contributed by atoms with van der Waals surface area (Å²) in [7, 11) is 0. The van der Waals surface area contributed by atoms with E-state index in [1.54, 1.807) is 6.07 Å². The van der Waals surface area contributed by atoms with Crippen molar-refractivity contribution in [1.29, 1.82) is 0 Å². The van der Waals surface area contributed by atoms with E-state index in [4.69, 9.17) is 4.42 Å². The highest BCUT2D eigenvalue weighted by molar-refractivity contribution is 5.81. The maximum Gasteiger partial charge on any atom is 0.257 e. The van der Waals surface area contributed by atoms with Gasteiger partial charge in [0.05, 0.1) is 5.56 Å². The zero-order chi connectivity index (χ0) is 12.7. The maximum atomic E-state index is 11.6. The van der Waals surface area contributed by atoms with Crippen LogP contribution in [0.25, 0.3) is 22.6 Å². The number of aromatic amines is 1. The summed E-state index contributed by atoms with van der Waals surface area (Å²) in [5.41, 5.74) is 0.517. The Morgan fingerprint density at radius 2 is 2.11 bits per heavy atom. The molecule has 0 unspecified atom stereocenters. The van der Waals surface area contributed by atoms with Gasteiger partial charge in [0.1, 0.15) is 5.58 Å². The van der Waals surface area contributed by atoms with E-state index in [-0.39, 0.29) is 22.8 Å². The summed E-state index contributed by atoms with van der Waals surface area (Å²) >= 11 is 0. The third-order valence-electron chi connectivity index (χ3n) is 2.78. The van der Waals surface area contributed by atoms with E-state index in [0.717, 1.165) is 5.39 Å². The van der Waals surface area contributed by atoms with Crippen molar-refractivity contribution in [3.05, 3.63) is 46.2 Å². The van der Waals surface area contributed by atoms with Gasteiger partial charge in [-0.25, -0.2) is 0 Å². The predicted octanol–water partition coefficient (Wildman–Crippen LogP) is 2.20. The zero-order valence-corrected chi connectivity index (χ0v) is 9.60. The minimum absolute atomic E-state index is 0.190. The van der Waals surface area contributed by atoms with Gasteiger partial charge in [0.15, 0.2) is 11.6 Å². The van der Waals surface area contributed by atoms with Crippen LogP contribution < -0.4 is 5.56 Å². The minimum Gasteiger partial charge on any atom is -0.493 e. The number of hydrogen-bond acceptors (Lipinski definition) is 4. The highest BCUT2D eigenvalue weighted by atomic mass is 16.3. The number of para-hydroxylation sites is 1.